The fraction of sp³-hybridized carbons (Fsp3) is 0.846. The first-order valence-corrected chi connectivity index (χ1v) is 7.09. The largest absolute Gasteiger partial charge is 0.393 e. The minimum absolute atomic E-state index is 0.115. The van der Waals surface area contributed by atoms with Crippen LogP contribution in [0, 0.1) is 0 Å². The molecule has 0 fully saturated rings. The molecule has 0 aliphatic heterocycles. The molecule has 6 heteroatoms. The molecule has 0 aromatic carbocycles. The quantitative estimate of drug-likeness (QED) is 0.622. The highest BCUT2D eigenvalue weighted by atomic mass is 32.1. The number of nitrogens with zero attached hydrogens (tertiary/aromatic N) is 3. The van der Waals surface area contributed by atoms with Crippen LogP contribution in [0.1, 0.15) is 20.3 Å². The molecule has 2 N–H and O–H groups in total. The van der Waals surface area contributed by atoms with E-state index >= 15 is 0 Å². The van der Waals surface area contributed by atoms with Gasteiger partial charge in [-0.3, -0.25) is 9.69 Å². The van der Waals surface area contributed by atoms with Crippen molar-refractivity contribution in [3.05, 3.63) is 0 Å². The van der Waals surface area contributed by atoms with Gasteiger partial charge in [-0.05, 0) is 27.6 Å². The van der Waals surface area contributed by atoms with Crippen LogP contribution in [0.25, 0.3) is 0 Å². The van der Waals surface area contributed by atoms with Crippen molar-refractivity contribution in [2.75, 3.05) is 47.3 Å². The van der Waals surface area contributed by atoms with Gasteiger partial charge >= 0.3 is 0 Å². The van der Waals surface area contributed by atoms with E-state index in [9.17, 15) is 4.79 Å². The molecule has 5 nitrogen and oxygen atoms in total. The molecule has 0 aromatic heterocycles. The molecule has 0 saturated carbocycles. The number of carbonyl (C=O) groups excluding carboxylic acids is 1. The molecule has 0 aliphatic carbocycles. The van der Waals surface area contributed by atoms with Crippen LogP contribution in [-0.4, -0.2) is 79.0 Å². The number of rotatable bonds is 9. The monoisotopic (exact) mass is 288 g/mol. The summed E-state index contributed by atoms with van der Waals surface area (Å²) in [6, 6.07) is 0.355. The zero-order chi connectivity index (χ0) is 15.0. The molecule has 1 amide bonds. The van der Waals surface area contributed by atoms with Crippen molar-refractivity contribution >= 4 is 23.1 Å². The normalized spacial score (nSPS) is 12.8. The van der Waals surface area contributed by atoms with Crippen LogP contribution in [0.5, 0.6) is 0 Å². The summed E-state index contributed by atoms with van der Waals surface area (Å²) < 4.78 is 0. The summed E-state index contributed by atoms with van der Waals surface area (Å²) in [6.45, 7) is 7.06. The van der Waals surface area contributed by atoms with E-state index in [1.807, 2.05) is 14.1 Å². The summed E-state index contributed by atoms with van der Waals surface area (Å²) in [5.41, 5.74) is 5.45. The second-order valence-electron chi connectivity index (χ2n) is 5.21. The maximum Gasteiger partial charge on any atom is 0.236 e. The number of carbonyl (C=O) groups is 1. The SMILES string of the molecule is CCN(CC(=O)N(C)CCC(N)=S)C(C)CN(C)C. The van der Waals surface area contributed by atoms with Crippen LogP contribution in [-0.2, 0) is 4.79 Å². The molecule has 0 saturated heterocycles. The maximum atomic E-state index is 12.1. The summed E-state index contributed by atoms with van der Waals surface area (Å²) >= 11 is 4.82. The lowest BCUT2D eigenvalue weighted by Gasteiger charge is -2.30. The third-order valence-corrected chi connectivity index (χ3v) is 3.32. The smallest absolute Gasteiger partial charge is 0.236 e. The van der Waals surface area contributed by atoms with E-state index in [2.05, 4.69) is 23.6 Å². The van der Waals surface area contributed by atoms with E-state index in [1.54, 1.807) is 11.9 Å². The predicted molar refractivity (Wildman–Crippen MR) is 84.3 cm³/mol. The van der Waals surface area contributed by atoms with Gasteiger partial charge in [0.15, 0.2) is 0 Å². The number of hydrogen-bond donors (Lipinski definition) is 1. The van der Waals surface area contributed by atoms with Gasteiger partial charge in [-0.2, -0.15) is 0 Å². The lowest BCUT2D eigenvalue weighted by Crippen LogP contribution is -2.46. The second-order valence-corrected chi connectivity index (χ2v) is 5.73. The molecule has 0 bridgehead atoms. The second kappa shape index (κ2) is 9.23. The van der Waals surface area contributed by atoms with Crippen LogP contribution < -0.4 is 5.73 Å². The fourth-order valence-electron chi connectivity index (χ4n) is 1.92. The molecular formula is C13H28N4OS. The van der Waals surface area contributed by atoms with Crippen LogP contribution in [0.4, 0.5) is 0 Å². The summed E-state index contributed by atoms with van der Waals surface area (Å²) in [6.07, 6.45) is 0.580. The van der Waals surface area contributed by atoms with E-state index in [-0.39, 0.29) is 5.91 Å². The van der Waals surface area contributed by atoms with Crippen molar-refractivity contribution in [1.82, 2.24) is 14.7 Å². The maximum absolute atomic E-state index is 12.1. The Morgan fingerprint density at radius 3 is 2.32 bits per heavy atom. The average molecular weight is 288 g/mol. The first-order valence-electron chi connectivity index (χ1n) is 6.69. The number of hydrogen-bond acceptors (Lipinski definition) is 4. The van der Waals surface area contributed by atoms with E-state index in [4.69, 9.17) is 18.0 Å². The van der Waals surface area contributed by atoms with Crippen molar-refractivity contribution in [3.63, 3.8) is 0 Å². The molecular weight excluding hydrogens is 260 g/mol. The third kappa shape index (κ3) is 8.13. The summed E-state index contributed by atoms with van der Waals surface area (Å²) in [7, 11) is 5.88. The Hall–Kier alpha value is -0.720. The van der Waals surface area contributed by atoms with Crippen LogP contribution in [0.15, 0.2) is 0 Å². The average Bonchev–Trinajstić information content (AvgIpc) is 2.31. The third-order valence-electron chi connectivity index (χ3n) is 3.12. The zero-order valence-electron chi connectivity index (χ0n) is 12.8. The topological polar surface area (TPSA) is 52.8 Å². The Morgan fingerprint density at radius 1 is 1.32 bits per heavy atom. The predicted octanol–water partition coefficient (Wildman–Crippen LogP) is 0.393. The van der Waals surface area contributed by atoms with Crippen molar-refractivity contribution in [1.29, 1.82) is 0 Å². The highest BCUT2D eigenvalue weighted by Crippen LogP contribution is 2.02. The van der Waals surface area contributed by atoms with Gasteiger partial charge in [-0.25, -0.2) is 0 Å². The van der Waals surface area contributed by atoms with Gasteiger partial charge in [0.1, 0.15) is 0 Å². The lowest BCUT2D eigenvalue weighted by molar-refractivity contribution is -0.131. The molecule has 0 radical (unpaired) electrons. The van der Waals surface area contributed by atoms with Crippen molar-refractivity contribution in [2.24, 2.45) is 5.73 Å². The molecule has 1 atom stereocenters. The Bertz CT molecular complexity index is 296. The number of nitrogens with two attached hydrogens (primary N) is 1. The summed E-state index contributed by atoms with van der Waals surface area (Å²) in [5.74, 6) is 0.115. The van der Waals surface area contributed by atoms with Crippen LogP contribution >= 0.6 is 12.2 Å². The number of thiocarbonyl (C=S) groups is 1. The van der Waals surface area contributed by atoms with Crippen molar-refractivity contribution in [3.8, 4) is 0 Å². The minimum atomic E-state index is 0.115. The van der Waals surface area contributed by atoms with Crippen molar-refractivity contribution < 1.29 is 4.79 Å². The van der Waals surface area contributed by atoms with Gasteiger partial charge < -0.3 is 15.5 Å². The molecule has 112 valence electrons. The molecule has 1 unspecified atom stereocenters. The molecule has 19 heavy (non-hydrogen) atoms. The standard InChI is InChI=1S/C13H28N4OS/c1-6-17(11(2)9-15(3)4)10-13(18)16(5)8-7-12(14)19/h11H,6-10H2,1-5H3,(H2,14,19). The first kappa shape index (κ1) is 18.3. The Labute approximate surface area is 122 Å². The molecule has 0 heterocycles. The van der Waals surface area contributed by atoms with Gasteiger partial charge in [-0.1, -0.05) is 19.1 Å². The fourth-order valence-corrected chi connectivity index (χ4v) is 2.01. The Balaban J connectivity index is 4.28. The first-order chi connectivity index (χ1) is 8.77. The van der Waals surface area contributed by atoms with Gasteiger partial charge in [0.05, 0.1) is 11.5 Å². The number of likely N-dealkylation sites (N-methyl/N-ethyl adjacent to an activating group) is 3. The molecule has 0 aliphatic rings. The summed E-state index contributed by atoms with van der Waals surface area (Å²) in [5, 5.41) is 0. The highest BCUT2D eigenvalue weighted by Gasteiger charge is 2.18. The minimum Gasteiger partial charge on any atom is -0.393 e. The van der Waals surface area contributed by atoms with E-state index in [1.165, 1.54) is 0 Å². The van der Waals surface area contributed by atoms with Crippen molar-refractivity contribution in [2.45, 2.75) is 26.3 Å². The molecule has 0 rings (SSSR count). The van der Waals surface area contributed by atoms with Crippen LogP contribution in [0.2, 0.25) is 0 Å². The van der Waals surface area contributed by atoms with Crippen LogP contribution in [0.3, 0.4) is 0 Å². The Morgan fingerprint density at radius 2 is 1.89 bits per heavy atom. The summed E-state index contributed by atoms with van der Waals surface area (Å²) in [4.78, 5) is 18.6. The molecule has 0 aromatic rings. The lowest BCUT2D eigenvalue weighted by atomic mass is 10.2. The van der Waals surface area contributed by atoms with E-state index < -0.39 is 0 Å². The molecule has 0 spiro atoms. The highest BCUT2D eigenvalue weighted by molar-refractivity contribution is 7.80. The van der Waals surface area contributed by atoms with Gasteiger partial charge in [0.25, 0.3) is 0 Å². The van der Waals surface area contributed by atoms with Gasteiger partial charge in [0.2, 0.25) is 5.91 Å². The van der Waals surface area contributed by atoms with Gasteiger partial charge in [-0.15, -0.1) is 0 Å². The zero-order valence-corrected chi connectivity index (χ0v) is 13.7. The number of amides is 1. The van der Waals surface area contributed by atoms with Gasteiger partial charge in [0, 0.05) is 32.6 Å². The van der Waals surface area contributed by atoms with E-state index in [0.29, 0.717) is 30.5 Å². The Kier molecular flexibility index (Phi) is 8.88. The van der Waals surface area contributed by atoms with E-state index in [0.717, 1.165) is 13.1 Å².